The van der Waals surface area contributed by atoms with Crippen molar-refractivity contribution in [3.05, 3.63) is 90.3 Å². The molecular weight excluding hydrogens is 326 g/mol. The Hall–Kier alpha value is -2.69. The van der Waals surface area contributed by atoms with Gasteiger partial charge in [-0.3, -0.25) is 4.98 Å². The summed E-state index contributed by atoms with van der Waals surface area (Å²) in [7, 11) is 0. The van der Waals surface area contributed by atoms with Crippen molar-refractivity contribution in [3.63, 3.8) is 0 Å². The van der Waals surface area contributed by atoms with E-state index in [0.717, 1.165) is 23.5 Å². The van der Waals surface area contributed by atoms with Crippen LogP contribution in [0.25, 0.3) is 0 Å². The summed E-state index contributed by atoms with van der Waals surface area (Å²) in [5.41, 5.74) is 2.22. The Labute approximate surface area is 153 Å². The van der Waals surface area contributed by atoms with E-state index >= 15 is 0 Å². The van der Waals surface area contributed by atoms with Gasteiger partial charge >= 0.3 is 0 Å². The van der Waals surface area contributed by atoms with E-state index in [1.54, 1.807) is 12.4 Å². The van der Waals surface area contributed by atoms with E-state index in [0.29, 0.717) is 19.1 Å². The molecule has 1 aliphatic heterocycles. The summed E-state index contributed by atoms with van der Waals surface area (Å²) in [6.45, 7) is 1.36. The van der Waals surface area contributed by atoms with E-state index in [2.05, 4.69) is 17.1 Å². The fourth-order valence-electron chi connectivity index (χ4n) is 3.02. The molecule has 0 radical (unpaired) electrons. The van der Waals surface area contributed by atoms with Crippen molar-refractivity contribution in [2.75, 3.05) is 13.2 Å². The highest BCUT2D eigenvalue weighted by molar-refractivity contribution is 5.33. The van der Waals surface area contributed by atoms with Crippen molar-refractivity contribution in [2.24, 2.45) is 5.92 Å². The summed E-state index contributed by atoms with van der Waals surface area (Å²) in [6, 6.07) is 21.9. The minimum Gasteiger partial charge on any atom is -0.457 e. The molecule has 0 unspecified atom stereocenters. The van der Waals surface area contributed by atoms with Crippen LogP contribution in [0.15, 0.2) is 79.1 Å². The van der Waals surface area contributed by atoms with E-state index in [-0.39, 0.29) is 6.29 Å². The van der Waals surface area contributed by atoms with Gasteiger partial charge in [0.2, 0.25) is 0 Å². The molecule has 0 spiro atoms. The molecule has 4 rings (SSSR count). The third-order valence-electron chi connectivity index (χ3n) is 4.35. The van der Waals surface area contributed by atoms with Gasteiger partial charge in [-0.2, -0.15) is 0 Å². The van der Waals surface area contributed by atoms with Crippen molar-refractivity contribution >= 4 is 0 Å². The molecule has 2 aromatic carbocycles. The maximum atomic E-state index is 5.86. The summed E-state index contributed by atoms with van der Waals surface area (Å²) in [6.07, 6.45) is 4.16. The fraction of sp³-hybridized carbons (Fsp3) is 0.227. The Morgan fingerprint density at radius 1 is 0.846 bits per heavy atom. The molecule has 4 heteroatoms. The van der Waals surface area contributed by atoms with Gasteiger partial charge in [-0.1, -0.05) is 36.4 Å². The Morgan fingerprint density at radius 2 is 1.58 bits per heavy atom. The van der Waals surface area contributed by atoms with Crippen LogP contribution < -0.4 is 4.74 Å². The molecule has 0 amide bonds. The van der Waals surface area contributed by atoms with Crippen LogP contribution in [0.2, 0.25) is 0 Å². The normalized spacial score (nSPS) is 19.8. The fourth-order valence-corrected chi connectivity index (χ4v) is 3.02. The van der Waals surface area contributed by atoms with Gasteiger partial charge < -0.3 is 14.2 Å². The Balaban J connectivity index is 1.30. The van der Waals surface area contributed by atoms with E-state index < -0.39 is 0 Å². The predicted molar refractivity (Wildman–Crippen MR) is 99.0 cm³/mol. The second-order valence-corrected chi connectivity index (χ2v) is 6.41. The largest absolute Gasteiger partial charge is 0.457 e. The molecule has 1 aromatic heterocycles. The van der Waals surface area contributed by atoms with Gasteiger partial charge in [0.1, 0.15) is 11.5 Å². The Bertz CT molecular complexity index is 798. The van der Waals surface area contributed by atoms with Crippen LogP contribution in [0.4, 0.5) is 0 Å². The molecule has 1 aliphatic rings. The molecule has 0 aliphatic carbocycles. The van der Waals surface area contributed by atoms with Crippen LogP contribution in [0.5, 0.6) is 11.5 Å². The van der Waals surface area contributed by atoms with Crippen molar-refractivity contribution in [1.29, 1.82) is 0 Å². The molecule has 4 nitrogen and oxygen atoms in total. The number of rotatable bonds is 5. The predicted octanol–water partition coefficient (Wildman–Crippen LogP) is 4.78. The zero-order valence-electron chi connectivity index (χ0n) is 14.5. The number of nitrogens with zero attached hydrogens (tertiary/aromatic N) is 1. The Kier molecular flexibility index (Phi) is 5.24. The molecule has 2 heterocycles. The first kappa shape index (κ1) is 16.8. The van der Waals surface area contributed by atoms with Gasteiger partial charge in [-0.25, -0.2) is 0 Å². The van der Waals surface area contributed by atoms with Gasteiger partial charge in [0.05, 0.1) is 13.2 Å². The molecule has 0 N–H and O–H groups in total. The SMILES string of the molecule is c1ccc(Oc2ccc(C[C@H]3CO[C@H](c4cccnc4)OC3)cc2)cc1. The minimum atomic E-state index is -0.304. The maximum absolute atomic E-state index is 5.86. The van der Waals surface area contributed by atoms with Crippen LogP contribution in [0.1, 0.15) is 17.4 Å². The number of aromatic nitrogens is 1. The third-order valence-corrected chi connectivity index (χ3v) is 4.35. The van der Waals surface area contributed by atoms with Gasteiger partial charge in [-0.15, -0.1) is 0 Å². The maximum Gasteiger partial charge on any atom is 0.185 e. The number of pyridine rings is 1. The first-order valence-corrected chi connectivity index (χ1v) is 8.82. The molecule has 26 heavy (non-hydrogen) atoms. The monoisotopic (exact) mass is 347 g/mol. The molecule has 0 saturated carbocycles. The lowest BCUT2D eigenvalue weighted by atomic mass is 10.00. The number of benzene rings is 2. The Morgan fingerprint density at radius 3 is 2.27 bits per heavy atom. The van der Waals surface area contributed by atoms with Crippen molar-refractivity contribution < 1.29 is 14.2 Å². The van der Waals surface area contributed by atoms with Gasteiger partial charge in [-0.05, 0) is 42.3 Å². The number of para-hydroxylation sites is 1. The second-order valence-electron chi connectivity index (χ2n) is 6.41. The van der Waals surface area contributed by atoms with E-state index in [1.165, 1.54) is 5.56 Å². The highest BCUT2D eigenvalue weighted by Gasteiger charge is 2.23. The first-order chi connectivity index (χ1) is 12.9. The summed E-state index contributed by atoms with van der Waals surface area (Å²) in [5, 5.41) is 0. The molecule has 132 valence electrons. The van der Waals surface area contributed by atoms with Crippen molar-refractivity contribution in [2.45, 2.75) is 12.7 Å². The lowest BCUT2D eigenvalue weighted by Crippen LogP contribution is -2.28. The average molecular weight is 347 g/mol. The van der Waals surface area contributed by atoms with Crippen LogP contribution in [0.3, 0.4) is 0 Å². The first-order valence-electron chi connectivity index (χ1n) is 8.82. The molecule has 0 atom stereocenters. The van der Waals surface area contributed by atoms with Crippen LogP contribution >= 0.6 is 0 Å². The highest BCUT2D eigenvalue weighted by atomic mass is 16.7. The van der Waals surface area contributed by atoms with Crippen LogP contribution in [-0.2, 0) is 15.9 Å². The molecule has 1 fully saturated rings. The lowest BCUT2D eigenvalue weighted by Gasteiger charge is -2.29. The zero-order chi connectivity index (χ0) is 17.6. The van der Waals surface area contributed by atoms with Gasteiger partial charge in [0.15, 0.2) is 6.29 Å². The average Bonchev–Trinajstić information content (AvgIpc) is 2.72. The van der Waals surface area contributed by atoms with E-state index in [9.17, 15) is 0 Å². The molecule has 1 saturated heterocycles. The summed E-state index contributed by atoms with van der Waals surface area (Å²) < 4.78 is 17.6. The van der Waals surface area contributed by atoms with Gasteiger partial charge in [0.25, 0.3) is 0 Å². The molecular formula is C22H21NO3. The van der Waals surface area contributed by atoms with E-state index in [4.69, 9.17) is 14.2 Å². The van der Waals surface area contributed by atoms with Crippen molar-refractivity contribution in [1.82, 2.24) is 4.98 Å². The number of hydrogen-bond acceptors (Lipinski definition) is 4. The summed E-state index contributed by atoms with van der Waals surface area (Å²) >= 11 is 0. The summed E-state index contributed by atoms with van der Waals surface area (Å²) in [5.74, 6) is 2.03. The summed E-state index contributed by atoms with van der Waals surface area (Å²) in [4.78, 5) is 4.11. The quantitative estimate of drug-likeness (QED) is 0.666. The minimum absolute atomic E-state index is 0.304. The number of hydrogen-bond donors (Lipinski definition) is 0. The van der Waals surface area contributed by atoms with Crippen LogP contribution in [-0.4, -0.2) is 18.2 Å². The topological polar surface area (TPSA) is 40.6 Å². The van der Waals surface area contributed by atoms with Crippen molar-refractivity contribution in [3.8, 4) is 11.5 Å². The molecule has 0 bridgehead atoms. The third kappa shape index (κ3) is 4.28. The van der Waals surface area contributed by atoms with Gasteiger partial charge in [0, 0.05) is 23.9 Å². The highest BCUT2D eigenvalue weighted by Crippen LogP contribution is 2.27. The van der Waals surface area contributed by atoms with E-state index in [1.807, 2.05) is 54.6 Å². The second kappa shape index (κ2) is 8.13. The smallest absolute Gasteiger partial charge is 0.185 e. The van der Waals surface area contributed by atoms with Crippen LogP contribution in [0, 0.1) is 5.92 Å². The molecule has 3 aromatic rings. The number of ether oxygens (including phenoxy) is 3. The lowest BCUT2D eigenvalue weighted by molar-refractivity contribution is -0.205. The zero-order valence-corrected chi connectivity index (χ0v) is 14.5. The standard InChI is InChI=1S/C22H21NO3/c1-2-6-20(7-3-1)26-21-10-8-17(9-11-21)13-18-15-24-22(25-16-18)19-5-4-12-23-14-19/h1-12,14,18,22H,13,15-16H2/t18-,22-.